The molecule has 0 N–H and O–H groups in total. The second-order valence-electron chi connectivity index (χ2n) is 11.2. The zero-order valence-corrected chi connectivity index (χ0v) is 27.2. The summed E-state index contributed by atoms with van der Waals surface area (Å²) in [7, 11) is 0. The molecule has 7 heteroatoms. The summed E-state index contributed by atoms with van der Waals surface area (Å²) in [5, 5.41) is 9.92. The Morgan fingerprint density at radius 2 is 1.26 bits per heavy atom. The van der Waals surface area contributed by atoms with Gasteiger partial charge in [0.15, 0.2) is 0 Å². The molecule has 0 fully saturated rings. The molecular weight excluding hydrogens is 554 g/mol. The van der Waals surface area contributed by atoms with Crippen LogP contribution >= 0.6 is 11.3 Å². The molecule has 0 saturated carbocycles. The van der Waals surface area contributed by atoms with Gasteiger partial charge in [0.1, 0.15) is 10.8 Å². The first kappa shape index (κ1) is 34.4. The molecule has 43 heavy (non-hydrogen) atoms. The maximum absolute atomic E-state index is 12.3. The minimum absolute atomic E-state index is 0.273. The number of rotatable bonds is 23. The van der Waals surface area contributed by atoms with E-state index in [1.165, 1.54) is 94.8 Å². The van der Waals surface area contributed by atoms with Crippen molar-refractivity contribution in [1.82, 2.24) is 10.2 Å². The van der Waals surface area contributed by atoms with Gasteiger partial charge in [-0.1, -0.05) is 127 Å². The number of unbranched alkanes of at least 4 members (excludes halogenated alkanes) is 14. The van der Waals surface area contributed by atoms with Crippen molar-refractivity contribution in [2.24, 2.45) is 4.99 Å². The van der Waals surface area contributed by atoms with Crippen LogP contribution in [0.5, 0.6) is 5.75 Å². The van der Waals surface area contributed by atoms with Crippen LogP contribution < -0.4 is 4.74 Å². The molecule has 6 nitrogen and oxygen atoms in total. The quantitative estimate of drug-likeness (QED) is 0.0610. The molecule has 0 spiro atoms. The maximum atomic E-state index is 12.3. The number of nitrogens with zero attached hydrogens (tertiary/aromatic N) is 3. The molecular formula is C36H51N3O3S. The van der Waals surface area contributed by atoms with Crippen molar-refractivity contribution in [1.29, 1.82) is 0 Å². The van der Waals surface area contributed by atoms with Crippen molar-refractivity contribution in [3.8, 4) is 16.3 Å². The minimum atomic E-state index is -0.273. The number of esters is 1. The van der Waals surface area contributed by atoms with E-state index in [9.17, 15) is 4.79 Å². The molecule has 3 aromatic rings. The molecule has 0 saturated heterocycles. The Balaban J connectivity index is 1.34. The van der Waals surface area contributed by atoms with Gasteiger partial charge in [0.25, 0.3) is 0 Å². The lowest BCUT2D eigenvalue weighted by atomic mass is 10.1. The van der Waals surface area contributed by atoms with Crippen molar-refractivity contribution in [3.63, 3.8) is 0 Å². The summed E-state index contributed by atoms with van der Waals surface area (Å²) in [4.78, 5) is 16.8. The largest absolute Gasteiger partial charge is 0.494 e. The first-order valence-corrected chi connectivity index (χ1v) is 17.4. The zero-order valence-electron chi connectivity index (χ0n) is 26.4. The predicted octanol–water partition coefficient (Wildman–Crippen LogP) is 10.8. The van der Waals surface area contributed by atoms with E-state index in [0.29, 0.717) is 17.3 Å². The molecule has 0 aliphatic rings. The van der Waals surface area contributed by atoms with Gasteiger partial charge in [-0.05, 0) is 54.8 Å². The lowest BCUT2D eigenvalue weighted by molar-refractivity contribution is 0.0497. The number of aromatic nitrogens is 2. The summed E-state index contributed by atoms with van der Waals surface area (Å²) in [5.74, 6) is 0.611. The second kappa shape index (κ2) is 21.6. The normalized spacial score (nSPS) is 11.3. The van der Waals surface area contributed by atoms with E-state index < -0.39 is 0 Å². The van der Waals surface area contributed by atoms with E-state index >= 15 is 0 Å². The Bertz CT molecular complexity index is 1180. The number of hydrogen-bond acceptors (Lipinski definition) is 7. The van der Waals surface area contributed by atoms with Crippen LogP contribution in [0.4, 0.5) is 5.13 Å². The Morgan fingerprint density at radius 3 is 1.86 bits per heavy atom. The number of benzene rings is 2. The van der Waals surface area contributed by atoms with Crippen molar-refractivity contribution in [2.75, 3.05) is 13.2 Å². The summed E-state index contributed by atoms with van der Waals surface area (Å²) in [5.41, 5.74) is 2.43. The Hall–Kier alpha value is -3.06. The van der Waals surface area contributed by atoms with E-state index in [1.54, 1.807) is 18.3 Å². The van der Waals surface area contributed by atoms with E-state index in [4.69, 9.17) is 9.47 Å². The van der Waals surface area contributed by atoms with E-state index in [1.807, 2.05) is 36.4 Å². The molecule has 0 amide bonds. The molecule has 0 aliphatic heterocycles. The number of carbonyl (C=O) groups is 1. The number of hydrogen-bond donors (Lipinski definition) is 0. The smallest absolute Gasteiger partial charge is 0.338 e. The molecule has 0 bridgehead atoms. The summed E-state index contributed by atoms with van der Waals surface area (Å²) in [6.07, 6.45) is 21.9. The third-order valence-corrected chi connectivity index (χ3v) is 8.36. The topological polar surface area (TPSA) is 73.7 Å². The fraction of sp³-hybridized carbons (Fsp3) is 0.556. The van der Waals surface area contributed by atoms with Gasteiger partial charge in [-0.25, -0.2) is 9.79 Å². The van der Waals surface area contributed by atoms with Crippen LogP contribution in [0, 0.1) is 0 Å². The van der Waals surface area contributed by atoms with Gasteiger partial charge in [0, 0.05) is 11.8 Å². The van der Waals surface area contributed by atoms with E-state index in [2.05, 4.69) is 29.0 Å². The van der Waals surface area contributed by atoms with Crippen molar-refractivity contribution >= 4 is 28.7 Å². The minimum Gasteiger partial charge on any atom is -0.494 e. The van der Waals surface area contributed by atoms with Crippen LogP contribution in [0.15, 0.2) is 53.5 Å². The summed E-state index contributed by atoms with van der Waals surface area (Å²) in [6.45, 7) is 5.73. The highest BCUT2D eigenvalue weighted by Gasteiger charge is 2.08. The average Bonchev–Trinajstić information content (AvgIpc) is 3.52. The molecule has 0 aliphatic carbocycles. The lowest BCUT2D eigenvalue weighted by Crippen LogP contribution is -2.06. The fourth-order valence-corrected chi connectivity index (χ4v) is 5.52. The van der Waals surface area contributed by atoms with Gasteiger partial charge in [0.2, 0.25) is 5.13 Å². The second-order valence-corrected chi connectivity index (χ2v) is 12.2. The highest BCUT2D eigenvalue weighted by atomic mass is 32.1. The monoisotopic (exact) mass is 605 g/mol. The van der Waals surface area contributed by atoms with Crippen LogP contribution in [0.25, 0.3) is 10.6 Å². The Morgan fingerprint density at radius 1 is 0.698 bits per heavy atom. The fourth-order valence-electron chi connectivity index (χ4n) is 4.82. The summed E-state index contributed by atoms with van der Waals surface area (Å²) >= 11 is 1.44. The van der Waals surface area contributed by atoms with Gasteiger partial charge in [-0.2, -0.15) is 0 Å². The Labute approximate surface area is 263 Å². The van der Waals surface area contributed by atoms with Crippen LogP contribution in [0.3, 0.4) is 0 Å². The molecule has 1 heterocycles. The Kier molecular flexibility index (Phi) is 17.3. The number of carbonyl (C=O) groups excluding carboxylic acids is 1. The third kappa shape index (κ3) is 14.3. The predicted molar refractivity (Wildman–Crippen MR) is 180 cm³/mol. The first-order chi connectivity index (χ1) is 21.2. The average molecular weight is 606 g/mol. The highest BCUT2D eigenvalue weighted by molar-refractivity contribution is 7.18. The standard InChI is InChI=1S/C36H51N3O3S/c1-3-5-7-9-11-13-15-17-27-41-33-25-23-31(24-26-33)34-38-39-36(43-34)37-29-30-19-21-32(22-20-30)35(40)42-28-18-16-14-12-10-8-6-4-2/h19-26,29H,3-18,27-28H2,1-2H3/b37-29+. The molecule has 0 atom stereocenters. The summed E-state index contributed by atoms with van der Waals surface area (Å²) in [6, 6.07) is 15.3. The zero-order chi connectivity index (χ0) is 30.4. The van der Waals surface area contributed by atoms with Gasteiger partial charge in [0.05, 0.1) is 18.8 Å². The van der Waals surface area contributed by atoms with Gasteiger partial charge in [-0.3, -0.25) is 0 Å². The lowest BCUT2D eigenvalue weighted by Gasteiger charge is -2.06. The highest BCUT2D eigenvalue weighted by Crippen LogP contribution is 2.29. The molecule has 3 rings (SSSR count). The number of ether oxygens (including phenoxy) is 2. The van der Waals surface area contributed by atoms with Gasteiger partial charge >= 0.3 is 5.97 Å². The molecule has 0 unspecified atom stereocenters. The molecule has 234 valence electrons. The van der Waals surface area contributed by atoms with E-state index in [0.717, 1.165) is 47.8 Å². The van der Waals surface area contributed by atoms with Crippen LogP contribution in [0.1, 0.15) is 133 Å². The van der Waals surface area contributed by atoms with Crippen LogP contribution in [-0.2, 0) is 4.74 Å². The third-order valence-electron chi connectivity index (χ3n) is 7.48. The van der Waals surface area contributed by atoms with Crippen LogP contribution in [0.2, 0.25) is 0 Å². The van der Waals surface area contributed by atoms with Crippen LogP contribution in [-0.4, -0.2) is 35.6 Å². The van der Waals surface area contributed by atoms with Crippen molar-refractivity contribution in [2.45, 2.75) is 117 Å². The van der Waals surface area contributed by atoms with Crippen molar-refractivity contribution in [3.05, 3.63) is 59.7 Å². The SMILES string of the molecule is CCCCCCCCCCOC(=O)c1ccc(/C=N/c2nnc(-c3ccc(OCCCCCCCCCC)cc3)s2)cc1. The van der Waals surface area contributed by atoms with Crippen molar-refractivity contribution < 1.29 is 14.3 Å². The van der Waals surface area contributed by atoms with E-state index in [-0.39, 0.29) is 5.97 Å². The molecule has 2 aromatic carbocycles. The molecule has 1 aromatic heterocycles. The van der Waals surface area contributed by atoms with Gasteiger partial charge in [-0.15, -0.1) is 10.2 Å². The number of aliphatic imine (C=N–C) groups is 1. The maximum Gasteiger partial charge on any atom is 0.338 e. The summed E-state index contributed by atoms with van der Waals surface area (Å²) < 4.78 is 11.4. The first-order valence-electron chi connectivity index (χ1n) is 16.6. The molecule has 0 radical (unpaired) electrons. The van der Waals surface area contributed by atoms with Gasteiger partial charge < -0.3 is 9.47 Å².